The van der Waals surface area contributed by atoms with E-state index in [1.807, 2.05) is 24.3 Å². The second-order valence-corrected chi connectivity index (χ2v) is 6.66. The molecule has 0 spiro atoms. The molecule has 2 fully saturated rings. The zero-order chi connectivity index (χ0) is 14.9. The molecule has 0 radical (unpaired) electrons. The summed E-state index contributed by atoms with van der Waals surface area (Å²) in [7, 11) is 0. The van der Waals surface area contributed by atoms with E-state index < -0.39 is 0 Å². The minimum atomic E-state index is 0. The standard InChI is InChI=1S/C16H19ClN4O.ClH/c17-14-3-1-2-11(6-14)16-19-15(22-20-16)10-21-5-4-12-7-18-8-13(12)9-21;/h1-3,6,12-13,18H,4-5,7-10H2;1H. The van der Waals surface area contributed by atoms with Gasteiger partial charge in [0.2, 0.25) is 11.7 Å². The van der Waals surface area contributed by atoms with Crippen molar-refractivity contribution in [2.75, 3.05) is 26.2 Å². The van der Waals surface area contributed by atoms with Crippen LogP contribution in [0.4, 0.5) is 0 Å². The number of piperidine rings is 1. The summed E-state index contributed by atoms with van der Waals surface area (Å²) in [6, 6.07) is 7.53. The van der Waals surface area contributed by atoms with Crippen molar-refractivity contribution in [3.63, 3.8) is 0 Å². The Bertz CT molecular complexity index is 663. The van der Waals surface area contributed by atoms with Gasteiger partial charge in [0.05, 0.1) is 6.54 Å². The van der Waals surface area contributed by atoms with Gasteiger partial charge in [-0.15, -0.1) is 12.4 Å². The molecule has 0 aliphatic carbocycles. The second kappa shape index (κ2) is 7.18. The Kier molecular flexibility index (Phi) is 5.21. The molecule has 1 aromatic heterocycles. The van der Waals surface area contributed by atoms with Crippen LogP contribution in [0.1, 0.15) is 12.3 Å². The Morgan fingerprint density at radius 1 is 1.30 bits per heavy atom. The van der Waals surface area contributed by atoms with Crippen molar-refractivity contribution in [2.45, 2.75) is 13.0 Å². The Morgan fingerprint density at radius 2 is 2.17 bits per heavy atom. The topological polar surface area (TPSA) is 54.2 Å². The molecule has 1 N–H and O–H groups in total. The molecular formula is C16H20Cl2N4O. The molecule has 0 amide bonds. The maximum Gasteiger partial charge on any atom is 0.241 e. The molecule has 2 aromatic rings. The fraction of sp³-hybridized carbons (Fsp3) is 0.500. The number of benzene rings is 1. The van der Waals surface area contributed by atoms with E-state index in [1.54, 1.807) is 0 Å². The number of aromatic nitrogens is 2. The Balaban J connectivity index is 0.00000156. The highest BCUT2D eigenvalue weighted by molar-refractivity contribution is 6.30. The van der Waals surface area contributed by atoms with Gasteiger partial charge in [0.1, 0.15) is 0 Å². The molecule has 23 heavy (non-hydrogen) atoms. The first-order valence-corrected chi connectivity index (χ1v) is 8.17. The van der Waals surface area contributed by atoms with Crippen molar-refractivity contribution in [3.05, 3.63) is 35.2 Å². The summed E-state index contributed by atoms with van der Waals surface area (Å²) in [5.74, 6) is 2.90. The van der Waals surface area contributed by atoms with Crippen LogP contribution < -0.4 is 5.32 Å². The fourth-order valence-corrected chi connectivity index (χ4v) is 3.70. The van der Waals surface area contributed by atoms with Crippen LogP contribution in [0.25, 0.3) is 11.4 Å². The lowest BCUT2D eigenvalue weighted by Gasteiger charge is -2.33. The molecule has 0 bridgehead atoms. The Labute approximate surface area is 146 Å². The highest BCUT2D eigenvalue weighted by Gasteiger charge is 2.33. The fourth-order valence-electron chi connectivity index (χ4n) is 3.51. The number of hydrogen-bond donors (Lipinski definition) is 1. The maximum atomic E-state index is 6.01. The average molecular weight is 355 g/mol. The van der Waals surface area contributed by atoms with Crippen LogP contribution in [0, 0.1) is 11.8 Å². The van der Waals surface area contributed by atoms with Crippen LogP contribution in [-0.4, -0.2) is 41.2 Å². The van der Waals surface area contributed by atoms with Gasteiger partial charge in [0.15, 0.2) is 0 Å². The Hall–Kier alpha value is -1.14. The van der Waals surface area contributed by atoms with Crippen LogP contribution in [0.15, 0.2) is 28.8 Å². The van der Waals surface area contributed by atoms with Crippen molar-refractivity contribution >= 4 is 24.0 Å². The molecule has 2 aliphatic rings. The summed E-state index contributed by atoms with van der Waals surface area (Å²) in [5.41, 5.74) is 0.890. The van der Waals surface area contributed by atoms with Gasteiger partial charge >= 0.3 is 0 Å². The molecule has 5 nitrogen and oxygen atoms in total. The lowest BCUT2D eigenvalue weighted by atomic mass is 9.89. The first kappa shape index (κ1) is 16.7. The third-order valence-corrected chi connectivity index (χ3v) is 4.93. The number of likely N-dealkylation sites (tertiary alicyclic amines) is 1. The van der Waals surface area contributed by atoms with E-state index in [2.05, 4.69) is 20.4 Å². The van der Waals surface area contributed by atoms with E-state index in [0.717, 1.165) is 43.6 Å². The molecule has 4 rings (SSSR count). The smallest absolute Gasteiger partial charge is 0.241 e. The predicted molar refractivity (Wildman–Crippen MR) is 91.7 cm³/mol. The molecule has 3 heterocycles. The number of fused-ring (bicyclic) bond motifs is 1. The van der Waals surface area contributed by atoms with Gasteiger partial charge in [-0.2, -0.15) is 4.98 Å². The van der Waals surface area contributed by atoms with Gasteiger partial charge in [-0.3, -0.25) is 4.90 Å². The lowest BCUT2D eigenvalue weighted by Crippen LogP contribution is -2.39. The van der Waals surface area contributed by atoms with Crippen molar-refractivity contribution < 1.29 is 4.52 Å². The van der Waals surface area contributed by atoms with Crippen LogP contribution in [0.5, 0.6) is 0 Å². The van der Waals surface area contributed by atoms with E-state index in [9.17, 15) is 0 Å². The summed E-state index contributed by atoms with van der Waals surface area (Å²) in [5, 5.41) is 8.24. The number of halogens is 2. The van der Waals surface area contributed by atoms with Crippen LogP contribution in [-0.2, 0) is 6.54 Å². The van der Waals surface area contributed by atoms with Crippen molar-refractivity contribution in [1.29, 1.82) is 0 Å². The molecule has 2 atom stereocenters. The first-order chi connectivity index (χ1) is 10.8. The minimum Gasteiger partial charge on any atom is -0.338 e. The summed E-state index contributed by atoms with van der Waals surface area (Å²) in [6.07, 6.45) is 1.26. The van der Waals surface area contributed by atoms with Gasteiger partial charge in [-0.25, -0.2) is 0 Å². The van der Waals surface area contributed by atoms with E-state index in [4.69, 9.17) is 16.1 Å². The van der Waals surface area contributed by atoms with E-state index in [-0.39, 0.29) is 12.4 Å². The highest BCUT2D eigenvalue weighted by atomic mass is 35.5. The third-order valence-electron chi connectivity index (χ3n) is 4.70. The zero-order valence-corrected chi connectivity index (χ0v) is 14.3. The molecule has 7 heteroatoms. The molecule has 2 aliphatic heterocycles. The van der Waals surface area contributed by atoms with Crippen LogP contribution in [0.2, 0.25) is 5.02 Å². The van der Waals surface area contributed by atoms with Gasteiger partial charge in [-0.05, 0) is 50.0 Å². The number of rotatable bonds is 3. The highest BCUT2D eigenvalue weighted by Crippen LogP contribution is 2.27. The van der Waals surface area contributed by atoms with Crippen LogP contribution >= 0.6 is 24.0 Å². The first-order valence-electron chi connectivity index (χ1n) is 7.79. The molecular weight excluding hydrogens is 335 g/mol. The quantitative estimate of drug-likeness (QED) is 0.918. The second-order valence-electron chi connectivity index (χ2n) is 6.22. The number of nitrogens with one attached hydrogen (secondary N) is 1. The number of hydrogen-bond acceptors (Lipinski definition) is 5. The summed E-state index contributed by atoms with van der Waals surface area (Å²) in [6.45, 7) is 5.28. The van der Waals surface area contributed by atoms with Crippen molar-refractivity contribution in [1.82, 2.24) is 20.4 Å². The normalized spacial score (nSPS) is 24.2. The molecule has 2 saturated heterocycles. The lowest BCUT2D eigenvalue weighted by molar-refractivity contribution is 0.128. The van der Waals surface area contributed by atoms with Gasteiger partial charge in [0.25, 0.3) is 0 Å². The van der Waals surface area contributed by atoms with Crippen molar-refractivity contribution in [2.24, 2.45) is 11.8 Å². The maximum absolute atomic E-state index is 6.01. The van der Waals surface area contributed by atoms with Gasteiger partial charge in [0, 0.05) is 17.1 Å². The monoisotopic (exact) mass is 354 g/mol. The van der Waals surface area contributed by atoms with Gasteiger partial charge < -0.3 is 9.84 Å². The minimum absolute atomic E-state index is 0. The summed E-state index contributed by atoms with van der Waals surface area (Å²) < 4.78 is 5.41. The molecule has 1 aromatic carbocycles. The van der Waals surface area contributed by atoms with Crippen LogP contribution in [0.3, 0.4) is 0 Å². The SMILES string of the molecule is Cl.Clc1cccc(-c2noc(CN3CCC4CNCC4C3)n2)c1. The average Bonchev–Trinajstić information content (AvgIpc) is 3.16. The largest absolute Gasteiger partial charge is 0.338 e. The van der Waals surface area contributed by atoms with Crippen molar-refractivity contribution in [3.8, 4) is 11.4 Å². The molecule has 0 saturated carbocycles. The molecule has 2 unspecified atom stereocenters. The zero-order valence-electron chi connectivity index (χ0n) is 12.7. The Morgan fingerprint density at radius 3 is 3.04 bits per heavy atom. The summed E-state index contributed by atoms with van der Waals surface area (Å²) >= 11 is 6.01. The summed E-state index contributed by atoms with van der Waals surface area (Å²) in [4.78, 5) is 6.93. The molecule has 124 valence electrons. The third kappa shape index (κ3) is 3.69. The van der Waals surface area contributed by atoms with E-state index in [0.29, 0.717) is 16.7 Å². The van der Waals surface area contributed by atoms with E-state index in [1.165, 1.54) is 13.0 Å². The predicted octanol–water partition coefficient (Wildman–Crippen LogP) is 2.85. The van der Waals surface area contributed by atoms with E-state index >= 15 is 0 Å². The van der Waals surface area contributed by atoms with Gasteiger partial charge in [-0.1, -0.05) is 28.9 Å². The number of nitrogens with zero attached hydrogens (tertiary/aromatic N) is 3.